The minimum Gasteiger partial charge on any atom is -0.497 e. The van der Waals surface area contributed by atoms with Crippen LogP contribution in [0.5, 0.6) is 17.2 Å². The Bertz CT molecular complexity index is 770. The topological polar surface area (TPSA) is 46.2 Å². The first-order chi connectivity index (χ1) is 12.8. The average Bonchev–Trinajstić information content (AvgIpc) is 2.87. The van der Waals surface area contributed by atoms with Crippen molar-refractivity contribution in [2.75, 3.05) is 14.2 Å². The van der Waals surface area contributed by atoms with Gasteiger partial charge in [0.1, 0.15) is 12.4 Å². The van der Waals surface area contributed by atoms with Crippen molar-refractivity contribution in [3.8, 4) is 17.2 Å². The van der Waals surface area contributed by atoms with Crippen LogP contribution in [0.25, 0.3) is 0 Å². The largest absolute Gasteiger partial charge is 0.497 e. The number of methoxy groups -OCH3 is 2. The van der Waals surface area contributed by atoms with Crippen LogP contribution in [0.1, 0.15) is 33.3 Å². The van der Waals surface area contributed by atoms with Gasteiger partial charge < -0.3 is 23.5 Å². The standard InChI is InChI=1S/C21H27BO5/c1-20(2)21(3,4)27-22(26-20)16-9-12-18(19(13-16)24-6)25-14-15-7-10-17(23-5)11-8-15/h7-13H,14H2,1-6H3. The van der Waals surface area contributed by atoms with Crippen molar-refractivity contribution in [2.24, 2.45) is 0 Å². The van der Waals surface area contributed by atoms with Gasteiger partial charge in [-0.1, -0.05) is 18.2 Å². The summed E-state index contributed by atoms with van der Waals surface area (Å²) in [5.41, 5.74) is 1.19. The fourth-order valence-electron chi connectivity index (χ4n) is 2.81. The van der Waals surface area contributed by atoms with E-state index >= 15 is 0 Å². The van der Waals surface area contributed by atoms with Gasteiger partial charge in [0.15, 0.2) is 11.5 Å². The predicted octanol–water partition coefficient (Wildman–Crippen LogP) is 3.58. The molecule has 5 nitrogen and oxygen atoms in total. The van der Waals surface area contributed by atoms with Gasteiger partial charge >= 0.3 is 7.12 Å². The lowest BCUT2D eigenvalue weighted by molar-refractivity contribution is 0.00578. The molecule has 2 aromatic carbocycles. The van der Waals surface area contributed by atoms with E-state index in [-0.39, 0.29) is 11.2 Å². The molecule has 0 amide bonds. The summed E-state index contributed by atoms with van der Waals surface area (Å²) < 4.78 is 28.9. The summed E-state index contributed by atoms with van der Waals surface area (Å²) in [6, 6.07) is 13.5. The zero-order valence-electron chi connectivity index (χ0n) is 16.9. The van der Waals surface area contributed by atoms with E-state index < -0.39 is 7.12 Å². The zero-order valence-corrected chi connectivity index (χ0v) is 16.9. The molecule has 0 saturated carbocycles. The SMILES string of the molecule is COc1ccc(COc2ccc(B3OC(C)(C)C(C)(C)O3)cc2OC)cc1. The molecule has 3 rings (SSSR count). The quantitative estimate of drug-likeness (QED) is 0.728. The van der Waals surface area contributed by atoms with E-state index in [2.05, 4.69) is 0 Å². The van der Waals surface area contributed by atoms with Crippen LogP contribution in [0.3, 0.4) is 0 Å². The van der Waals surface area contributed by atoms with Crippen LogP contribution in [-0.4, -0.2) is 32.5 Å². The van der Waals surface area contributed by atoms with Gasteiger partial charge in [0.05, 0.1) is 25.4 Å². The molecule has 0 spiro atoms. The summed E-state index contributed by atoms with van der Waals surface area (Å²) in [6.07, 6.45) is 0. The summed E-state index contributed by atoms with van der Waals surface area (Å²) >= 11 is 0. The van der Waals surface area contributed by atoms with Crippen LogP contribution in [0.15, 0.2) is 42.5 Å². The number of hydrogen-bond acceptors (Lipinski definition) is 5. The molecule has 144 valence electrons. The molecule has 0 atom stereocenters. The van der Waals surface area contributed by atoms with Crippen LogP contribution in [0, 0.1) is 0 Å². The highest BCUT2D eigenvalue weighted by atomic mass is 16.7. The van der Waals surface area contributed by atoms with Gasteiger partial charge in [0, 0.05) is 0 Å². The Kier molecular flexibility index (Phi) is 5.40. The molecular weight excluding hydrogens is 343 g/mol. The van der Waals surface area contributed by atoms with E-state index in [1.165, 1.54) is 0 Å². The molecule has 1 fully saturated rings. The maximum absolute atomic E-state index is 6.11. The van der Waals surface area contributed by atoms with Crippen LogP contribution in [0.4, 0.5) is 0 Å². The molecule has 1 aliphatic rings. The molecule has 1 saturated heterocycles. The lowest BCUT2D eigenvalue weighted by atomic mass is 9.79. The second kappa shape index (κ2) is 7.45. The first-order valence-electron chi connectivity index (χ1n) is 9.05. The fraction of sp³-hybridized carbons (Fsp3) is 0.429. The molecule has 1 heterocycles. The minimum absolute atomic E-state index is 0.381. The molecule has 2 aromatic rings. The van der Waals surface area contributed by atoms with Crippen molar-refractivity contribution in [3.05, 3.63) is 48.0 Å². The third-order valence-corrected chi connectivity index (χ3v) is 5.27. The van der Waals surface area contributed by atoms with Crippen molar-refractivity contribution in [2.45, 2.75) is 45.5 Å². The fourth-order valence-corrected chi connectivity index (χ4v) is 2.81. The molecule has 0 bridgehead atoms. The highest BCUT2D eigenvalue weighted by molar-refractivity contribution is 6.62. The molecule has 0 aliphatic carbocycles. The van der Waals surface area contributed by atoms with Crippen LogP contribution >= 0.6 is 0 Å². The summed E-state index contributed by atoms with van der Waals surface area (Å²) in [5.74, 6) is 2.15. The molecule has 0 aromatic heterocycles. The third kappa shape index (κ3) is 4.07. The van der Waals surface area contributed by atoms with Gasteiger partial charge in [-0.25, -0.2) is 0 Å². The van der Waals surface area contributed by atoms with E-state index in [0.29, 0.717) is 18.1 Å². The summed E-state index contributed by atoms with van der Waals surface area (Å²) in [6.45, 7) is 8.59. The van der Waals surface area contributed by atoms with Crippen LogP contribution in [0.2, 0.25) is 0 Å². The Morgan fingerprint density at radius 1 is 0.815 bits per heavy atom. The first-order valence-corrected chi connectivity index (χ1v) is 9.05. The van der Waals surface area contributed by atoms with E-state index in [1.54, 1.807) is 14.2 Å². The Morgan fingerprint density at radius 2 is 1.44 bits per heavy atom. The van der Waals surface area contributed by atoms with E-state index in [4.69, 9.17) is 23.5 Å². The lowest BCUT2D eigenvalue weighted by Crippen LogP contribution is -2.41. The monoisotopic (exact) mass is 370 g/mol. The second-order valence-corrected chi connectivity index (χ2v) is 7.64. The molecule has 27 heavy (non-hydrogen) atoms. The lowest BCUT2D eigenvalue weighted by Gasteiger charge is -2.32. The smallest absolute Gasteiger partial charge is 0.494 e. The minimum atomic E-state index is -0.431. The number of ether oxygens (including phenoxy) is 3. The maximum Gasteiger partial charge on any atom is 0.494 e. The normalized spacial score (nSPS) is 17.6. The van der Waals surface area contributed by atoms with Crippen LogP contribution < -0.4 is 19.7 Å². The maximum atomic E-state index is 6.11. The Balaban J connectivity index is 1.73. The Labute approximate surface area is 161 Å². The Morgan fingerprint density at radius 3 is 2.00 bits per heavy atom. The van der Waals surface area contributed by atoms with Crippen molar-refractivity contribution in [3.63, 3.8) is 0 Å². The first kappa shape index (κ1) is 19.6. The summed E-state index contributed by atoms with van der Waals surface area (Å²) in [4.78, 5) is 0. The van der Waals surface area contributed by atoms with E-state index in [1.807, 2.05) is 70.2 Å². The predicted molar refractivity (Wildman–Crippen MR) is 106 cm³/mol. The average molecular weight is 370 g/mol. The summed E-state index contributed by atoms with van der Waals surface area (Å²) in [7, 11) is 2.85. The van der Waals surface area contributed by atoms with Gasteiger partial charge in [-0.15, -0.1) is 0 Å². The third-order valence-electron chi connectivity index (χ3n) is 5.27. The van der Waals surface area contributed by atoms with Crippen molar-refractivity contribution in [1.82, 2.24) is 0 Å². The van der Waals surface area contributed by atoms with Crippen LogP contribution in [-0.2, 0) is 15.9 Å². The number of rotatable bonds is 6. The molecule has 0 N–H and O–H groups in total. The van der Waals surface area contributed by atoms with Gasteiger partial charge in [0.2, 0.25) is 0 Å². The van der Waals surface area contributed by atoms with Crippen molar-refractivity contribution in [1.29, 1.82) is 0 Å². The number of benzene rings is 2. The summed E-state index contributed by atoms with van der Waals surface area (Å²) in [5, 5.41) is 0. The highest BCUT2D eigenvalue weighted by Crippen LogP contribution is 2.37. The Hall–Kier alpha value is -2.18. The molecule has 0 radical (unpaired) electrons. The van der Waals surface area contributed by atoms with Gasteiger partial charge in [-0.05, 0) is 63.0 Å². The van der Waals surface area contributed by atoms with E-state index in [0.717, 1.165) is 16.8 Å². The number of hydrogen-bond donors (Lipinski definition) is 0. The molecule has 6 heteroatoms. The second-order valence-electron chi connectivity index (χ2n) is 7.64. The molecular formula is C21H27BO5. The van der Waals surface area contributed by atoms with Gasteiger partial charge in [0.25, 0.3) is 0 Å². The van der Waals surface area contributed by atoms with Gasteiger partial charge in [-0.3, -0.25) is 0 Å². The van der Waals surface area contributed by atoms with Crippen molar-refractivity contribution >= 4 is 12.6 Å². The van der Waals surface area contributed by atoms with Gasteiger partial charge in [-0.2, -0.15) is 0 Å². The zero-order chi connectivity index (χ0) is 19.7. The molecule has 1 aliphatic heterocycles. The van der Waals surface area contributed by atoms with Crippen molar-refractivity contribution < 1.29 is 23.5 Å². The van der Waals surface area contributed by atoms with E-state index in [9.17, 15) is 0 Å². The highest BCUT2D eigenvalue weighted by Gasteiger charge is 2.51. The molecule has 0 unspecified atom stereocenters.